The summed E-state index contributed by atoms with van der Waals surface area (Å²) in [5, 5.41) is 3.62. The zero-order valence-corrected chi connectivity index (χ0v) is 19.5. The highest BCUT2D eigenvalue weighted by Gasteiger charge is 2.46. The maximum absolute atomic E-state index is 14.8. The molecule has 0 unspecified atom stereocenters. The third-order valence-electron chi connectivity index (χ3n) is 4.29. The summed E-state index contributed by atoms with van der Waals surface area (Å²) in [5.74, 6) is -7.98. The molecule has 0 radical (unpaired) electrons. The molecule has 1 N–H and O–H groups in total. The van der Waals surface area contributed by atoms with Crippen LogP contribution in [0.4, 0.5) is 37.8 Å². The van der Waals surface area contributed by atoms with Crippen molar-refractivity contribution in [3.05, 3.63) is 69.3 Å². The molecule has 0 bridgehead atoms. The largest absolute Gasteiger partial charge is 0.493 e. The first-order chi connectivity index (χ1) is 16.2. The van der Waals surface area contributed by atoms with Gasteiger partial charge in [0.2, 0.25) is 0 Å². The third kappa shape index (κ3) is 5.79. The zero-order chi connectivity index (χ0) is 26.1. The second-order valence-electron chi connectivity index (χ2n) is 6.76. The number of thiazole rings is 1. The Labute approximate surface area is 202 Å². The summed E-state index contributed by atoms with van der Waals surface area (Å²) in [6, 6.07) is 3.75. The standard InChI is InChI=1S/C19H12ClF6N3O4S2/c1-9(12-4-10(20)2-3-13(12)21)28-11-5-14(22)17(15(23)6-11)35(31,32)29(16-7-34-8-27-16)33-18(30)19(24,25)26/h2-9,28H,1H3/t9-/m0/s1. The van der Waals surface area contributed by atoms with Gasteiger partial charge in [-0.3, -0.25) is 0 Å². The first-order valence-electron chi connectivity index (χ1n) is 9.15. The molecule has 0 aliphatic heterocycles. The fourth-order valence-corrected chi connectivity index (χ4v) is 4.83. The van der Waals surface area contributed by atoms with Crippen LogP contribution in [0.25, 0.3) is 0 Å². The van der Waals surface area contributed by atoms with Gasteiger partial charge in [-0.1, -0.05) is 16.1 Å². The molecule has 0 saturated carbocycles. The van der Waals surface area contributed by atoms with Gasteiger partial charge in [-0.15, -0.1) is 11.3 Å². The Morgan fingerprint density at radius 1 is 1.14 bits per heavy atom. The Bertz CT molecular complexity index is 1330. The first kappa shape index (κ1) is 26.6. The van der Waals surface area contributed by atoms with Crippen molar-refractivity contribution in [2.45, 2.75) is 24.0 Å². The Balaban J connectivity index is 1.99. The Hall–Kier alpha value is -3.04. The second kappa shape index (κ2) is 9.91. The highest BCUT2D eigenvalue weighted by atomic mass is 35.5. The van der Waals surface area contributed by atoms with Crippen molar-refractivity contribution in [2.75, 3.05) is 9.79 Å². The molecule has 3 rings (SSSR count). The van der Waals surface area contributed by atoms with E-state index < -0.39 is 60.8 Å². The van der Waals surface area contributed by atoms with Gasteiger partial charge >= 0.3 is 22.2 Å². The third-order valence-corrected chi connectivity index (χ3v) is 6.70. The molecule has 35 heavy (non-hydrogen) atoms. The van der Waals surface area contributed by atoms with Crippen LogP contribution in [-0.4, -0.2) is 25.5 Å². The number of sulfonamides is 1. The van der Waals surface area contributed by atoms with Crippen molar-refractivity contribution >= 4 is 50.4 Å². The van der Waals surface area contributed by atoms with Gasteiger partial charge < -0.3 is 10.2 Å². The van der Waals surface area contributed by atoms with Crippen LogP contribution in [0, 0.1) is 17.5 Å². The molecule has 16 heteroatoms. The minimum Gasteiger partial charge on any atom is -0.378 e. The van der Waals surface area contributed by atoms with Gasteiger partial charge in [0.15, 0.2) is 10.7 Å². The molecular formula is C19H12ClF6N3O4S2. The monoisotopic (exact) mass is 559 g/mol. The molecule has 0 amide bonds. The lowest BCUT2D eigenvalue weighted by Crippen LogP contribution is -2.39. The number of benzene rings is 2. The normalized spacial score (nSPS) is 12.8. The quantitative estimate of drug-likeness (QED) is 0.299. The molecule has 3 aromatic rings. The van der Waals surface area contributed by atoms with Gasteiger partial charge in [-0.2, -0.15) is 21.6 Å². The van der Waals surface area contributed by atoms with Crippen LogP contribution in [0.3, 0.4) is 0 Å². The van der Waals surface area contributed by atoms with Crippen LogP contribution in [0.2, 0.25) is 5.02 Å². The summed E-state index contributed by atoms with van der Waals surface area (Å²) in [5.41, 5.74) is 0.678. The van der Waals surface area contributed by atoms with E-state index in [1.54, 1.807) is 0 Å². The molecule has 0 fully saturated rings. The molecule has 2 aromatic carbocycles. The van der Waals surface area contributed by atoms with E-state index >= 15 is 0 Å². The van der Waals surface area contributed by atoms with Crippen LogP contribution in [-0.2, 0) is 19.7 Å². The number of carbonyl (C=O) groups excluding carboxylic acids is 1. The predicted octanol–water partition coefficient (Wildman–Crippen LogP) is 5.60. The zero-order valence-electron chi connectivity index (χ0n) is 17.1. The molecule has 0 aliphatic rings. The van der Waals surface area contributed by atoms with E-state index in [0.29, 0.717) is 23.5 Å². The average Bonchev–Trinajstić information content (AvgIpc) is 3.26. The van der Waals surface area contributed by atoms with Gasteiger partial charge in [-0.05, 0) is 37.3 Å². The number of nitrogens with zero attached hydrogens (tertiary/aromatic N) is 2. The van der Waals surface area contributed by atoms with E-state index in [1.165, 1.54) is 19.1 Å². The predicted molar refractivity (Wildman–Crippen MR) is 114 cm³/mol. The summed E-state index contributed by atoms with van der Waals surface area (Å²) in [6.45, 7) is 1.43. The van der Waals surface area contributed by atoms with Gasteiger partial charge in [0.1, 0.15) is 17.5 Å². The summed E-state index contributed by atoms with van der Waals surface area (Å²) < 4.78 is 107. The minimum atomic E-state index is -5.62. The van der Waals surface area contributed by atoms with Crippen LogP contribution in [0.5, 0.6) is 0 Å². The van der Waals surface area contributed by atoms with E-state index in [9.17, 15) is 39.6 Å². The number of aromatic nitrogens is 1. The SMILES string of the molecule is C[C@H](Nc1cc(F)c(S(=O)(=O)N(OC(=O)C(F)(F)F)c2cscn2)c(F)c1)c1cc(Cl)ccc1F. The Morgan fingerprint density at radius 2 is 1.77 bits per heavy atom. The highest BCUT2D eigenvalue weighted by Crippen LogP contribution is 2.32. The van der Waals surface area contributed by atoms with Gasteiger partial charge in [0.25, 0.3) is 0 Å². The highest BCUT2D eigenvalue weighted by molar-refractivity contribution is 7.92. The van der Waals surface area contributed by atoms with E-state index in [-0.39, 0.29) is 16.3 Å². The van der Waals surface area contributed by atoms with Crippen LogP contribution in [0.1, 0.15) is 18.5 Å². The lowest BCUT2D eigenvalue weighted by molar-refractivity contribution is -0.199. The van der Waals surface area contributed by atoms with E-state index in [2.05, 4.69) is 15.1 Å². The molecule has 7 nitrogen and oxygen atoms in total. The van der Waals surface area contributed by atoms with Crippen molar-refractivity contribution in [3.63, 3.8) is 0 Å². The van der Waals surface area contributed by atoms with Crippen molar-refractivity contribution in [3.8, 4) is 0 Å². The van der Waals surface area contributed by atoms with Gasteiger partial charge in [0.05, 0.1) is 11.6 Å². The molecule has 1 aromatic heterocycles. The van der Waals surface area contributed by atoms with Crippen molar-refractivity contribution in [1.82, 2.24) is 4.98 Å². The summed E-state index contributed by atoms with van der Waals surface area (Å²) >= 11 is 6.53. The van der Waals surface area contributed by atoms with Crippen molar-refractivity contribution in [2.24, 2.45) is 0 Å². The average molecular weight is 560 g/mol. The smallest absolute Gasteiger partial charge is 0.378 e. The fraction of sp³-hybridized carbons (Fsp3) is 0.158. The second-order valence-corrected chi connectivity index (χ2v) is 9.60. The molecule has 0 spiro atoms. The van der Waals surface area contributed by atoms with Gasteiger partial charge in [0, 0.05) is 21.7 Å². The Kier molecular flexibility index (Phi) is 7.52. The lowest BCUT2D eigenvalue weighted by Gasteiger charge is -2.22. The van der Waals surface area contributed by atoms with E-state index in [1.807, 2.05) is 0 Å². The number of anilines is 2. The first-order valence-corrected chi connectivity index (χ1v) is 11.9. The summed E-state index contributed by atoms with van der Waals surface area (Å²) in [6.07, 6.45) is -5.62. The fourth-order valence-electron chi connectivity index (χ4n) is 2.79. The number of rotatable bonds is 7. The number of hydrogen-bond acceptors (Lipinski definition) is 7. The van der Waals surface area contributed by atoms with E-state index in [4.69, 9.17) is 11.6 Å². The molecule has 0 aliphatic carbocycles. The van der Waals surface area contributed by atoms with Crippen LogP contribution in [0.15, 0.2) is 46.1 Å². The van der Waals surface area contributed by atoms with Crippen molar-refractivity contribution < 1.29 is 44.4 Å². The van der Waals surface area contributed by atoms with Gasteiger partial charge in [-0.25, -0.2) is 22.9 Å². The Morgan fingerprint density at radius 3 is 2.31 bits per heavy atom. The molecule has 188 valence electrons. The number of hydrogen-bond donors (Lipinski definition) is 1. The molecule has 1 heterocycles. The number of alkyl halides is 3. The number of halogens is 7. The lowest BCUT2D eigenvalue weighted by atomic mass is 10.1. The maximum atomic E-state index is 14.8. The number of carbonyl (C=O) groups is 1. The minimum absolute atomic E-state index is 0.0313. The van der Waals surface area contributed by atoms with E-state index in [0.717, 1.165) is 17.0 Å². The summed E-state index contributed by atoms with van der Waals surface area (Å²) in [7, 11) is -5.57. The molecule has 0 saturated heterocycles. The summed E-state index contributed by atoms with van der Waals surface area (Å²) in [4.78, 5) is 16.9. The van der Waals surface area contributed by atoms with Crippen LogP contribution >= 0.6 is 22.9 Å². The topological polar surface area (TPSA) is 88.6 Å². The number of nitrogens with one attached hydrogen (secondary N) is 1. The van der Waals surface area contributed by atoms with Crippen molar-refractivity contribution in [1.29, 1.82) is 0 Å². The maximum Gasteiger partial charge on any atom is 0.493 e. The molecule has 1 atom stereocenters. The van der Waals surface area contributed by atoms with Crippen LogP contribution < -0.4 is 9.79 Å². The molecular weight excluding hydrogens is 548 g/mol.